The van der Waals surface area contributed by atoms with E-state index < -0.39 is 9.73 Å². The standard InChI is InChI=1S/C9H12ClNOS/c1-13(2,12)11-9-5-3-4-8(6-9)7-10/h3-6H,7H2,1-2H3. The molecule has 0 spiro atoms. The summed E-state index contributed by atoms with van der Waals surface area (Å²) in [7, 11) is -2.07. The Hall–Kier alpha value is -0.540. The summed E-state index contributed by atoms with van der Waals surface area (Å²) in [5, 5.41) is 0. The summed E-state index contributed by atoms with van der Waals surface area (Å²) in [6, 6.07) is 7.45. The lowest BCUT2D eigenvalue weighted by atomic mass is 10.2. The monoisotopic (exact) mass is 217 g/mol. The lowest BCUT2D eigenvalue weighted by Gasteiger charge is -1.98. The second-order valence-electron chi connectivity index (χ2n) is 3.08. The van der Waals surface area contributed by atoms with Crippen LogP contribution in [0.2, 0.25) is 0 Å². The van der Waals surface area contributed by atoms with E-state index in [1.807, 2.05) is 24.3 Å². The van der Waals surface area contributed by atoms with Crippen molar-refractivity contribution in [3.05, 3.63) is 29.8 Å². The molecule has 0 aromatic heterocycles. The first-order chi connectivity index (χ1) is 6.01. The van der Waals surface area contributed by atoms with Crippen molar-refractivity contribution >= 4 is 27.0 Å². The summed E-state index contributed by atoms with van der Waals surface area (Å²) >= 11 is 5.66. The van der Waals surface area contributed by atoms with Crippen LogP contribution in [0.1, 0.15) is 5.56 Å². The van der Waals surface area contributed by atoms with Crippen molar-refractivity contribution in [2.24, 2.45) is 4.36 Å². The van der Waals surface area contributed by atoms with Crippen molar-refractivity contribution in [3.8, 4) is 0 Å². The van der Waals surface area contributed by atoms with Gasteiger partial charge in [0.05, 0.1) is 5.69 Å². The van der Waals surface area contributed by atoms with Gasteiger partial charge in [-0.15, -0.1) is 11.6 Å². The maximum Gasteiger partial charge on any atom is 0.0733 e. The van der Waals surface area contributed by atoms with Crippen LogP contribution in [-0.2, 0) is 15.6 Å². The van der Waals surface area contributed by atoms with E-state index in [9.17, 15) is 4.21 Å². The highest BCUT2D eigenvalue weighted by atomic mass is 35.5. The Morgan fingerprint density at radius 2 is 2.15 bits per heavy atom. The Bertz CT molecular complexity index is 400. The number of hydrogen-bond acceptors (Lipinski definition) is 2. The Kier molecular flexibility index (Phi) is 3.33. The molecule has 72 valence electrons. The molecule has 0 amide bonds. The summed E-state index contributed by atoms with van der Waals surface area (Å²) in [6.07, 6.45) is 3.22. The molecule has 0 saturated carbocycles. The van der Waals surface area contributed by atoms with E-state index in [-0.39, 0.29) is 0 Å². The maximum atomic E-state index is 11.4. The highest BCUT2D eigenvalue weighted by molar-refractivity contribution is 7.92. The minimum Gasteiger partial charge on any atom is -0.250 e. The average Bonchev–Trinajstić information content (AvgIpc) is 2.01. The third-order valence-electron chi connectivity index (χ3n) is 1.39. The van der Waals surface area contributed by atoms with Crippen LogP contribution in [0, 0.1) is 0 Å². The van der Waals surface area contributed by atoms with Crippen molar-refractivity contribution < 1.29 is 4.21 Å². The van der Waals surface area contributed by atoms with Gasteiger partial charge in [-0.2, -0.15) is 4.36 Å². The molecular weight excluding hydrogens is 206 g/mol. The van der Waals surface area contributed by atoms with Crippen molar-refractivity contribution in [2.45, 2.75) is 5.88 Å². The quantitative estimate of drug-likeness (QED) is 0.701. The van der Waals surface area contributed by atoms with E-state index >= 15 is 0 Å². The van der Waals surface area contributed by atoms with Gasteiger partial charge < -0.3 is 0 Å². The predicted molar refractivity (Wildman–Crippen MR) is 58.1 cm³/mol. The van der Waals surface area contributed by atoms with Crippen LogP contribution in [0.25, 0.3) is 0 Å². The molecule has 13 heavy (non-hydrogen) atoms. The normalized spacial score (nSPS) is 11.3. The maximum absolute atomic E-state index is 11.4. The molecule has 2 nitrogen and oxygen atoms in total. The third kappa shape index (κ3) is 3.79. The summed E-state index contributed by atoms with van der Waals surface area (Å²) in [5.41, 5.74) is 1.72. The van der Waals surface area contributed by atoms with Crippen LogP contribution in [-0.4, -0.2) is 16.7 Å². The fourth-order valence-electron chi connectivity index (χ4n) is 0.950. The molecule has 0 radical (unpaired) electrons. The largest absolute Gasteiger partial charge is 0.250 e. The van der Waals surface area contributed by atoms with Crippen LogP contribution in [0.3, 0.4) is 0 Å². The molecule has 0 aliphatic heterocycles. The average molecular weight is 218 g/mol. The molecule has 0 aliphatic carbocycles. The Balaban J connectivity index is 3.11. The smallest absolute Gasteiger partial charge is 0.0733 e. The molecule has 1 aromatic rings. The Morgan fingerprint density at radius 1 is 1.46 bits per heavy atom. The van der Waals surface area contributed by atoms with Gasteiger partial charge in [-0.05, 0) is 17.7 Å². The Labute approximate surface area is 84.1 Å². The summed E-state index contributed by atoms with van der Waals surface area (Å²) in [4.78, 5) is 0. The fraction of sp³-hybridized carbons (Fsp3) is 0.333. The zero-order valence-corrected chi connectivity index (χ0v) is 9.23. The molecule has 0 heterocycles. The van der Waals surface area contributed by atoms with Gasteiger partial charge in [0, 0.05) is 28.1 Å². The lowest BCUT2D eigenvalue weighted by molar-refractivity contribution is 0.684. The van der Waals surface area contributed by atoms with Crippen molar-refractivity contribution in [1.29, 1.82) is 0 Å². The van der Waals surface area contributed by atoms with Crippen LogP contribution < -0.4 is 0 Å². The Morgan fingerprint density at radius 3 is 2.69 bits per heavy atom. The number of rotatable bonds is 2. The molecule has 4 heteroatoms. The molecule has 1 rings (SSSR count). The first-order valence-electron chi connectivity index (χ1n) is 3.83. The third-order valence-corrected chi connectivity index (χ3v) is 2.35. The van der Waals surface area contributed by atoms with Crippen molar-refractivity contribution in [3.63, 3.8) is 0 Å². The van der Waals surface area contributed by atoms with Crippen LogP contribution >= 0.6 is 11.6 Å². The highest BCUT2D eigenvalue weighted by Crippen LogP contribution is 2.16. The van der Waals surface area contributed by atoms with E-state index in [1.54, 1.807) is 12.5 Å². The lowest BCUT2D eigenvalue weighted by Crippen LogP contribution is -1.89. The molecule has 1 aromatic carbocycles. The molecule has 0 aliphatic rings. The predicted octanol–water partition coefficient (Wildman–Crippen LogP) is 2.78. The van der Waals surface area contributed by atoms with Gasteiger partial charge in [0.1, 0.15) is 0 Å². The van der Waals surface area contributed by atoms with Crippen LogP contribution in [0.5, 0.6) is 0 Å². The molecule has 0 bridgehead atoms. The minimum absolute atomic E-state index is 0.456. The molecule has 0 N–H and O–H groups in total. The summed E-state index contributed by atoms with van der Waals surface area (Å²) in [6.45, 7) is 0. The van der Waals surface area contributed by atoms with Gasteiger partial charge in [0.25, 0.3) is 0 Å². The summed E-state index contributed by atoms with van der Waals surface area (Å²) < 4.78 is 15.4. The van der Waals surface area contributed by atoms with Crippen molar-refractivity contribution in [2.75, 3.05) is 12.5 Å². The van der Waals surface area contributed by atoms with Gasteiger partial charge in [-0.1, -0.05) is 12.1 Å². The highest BCUT2D eigenvalue weighted by Gasteiger charge is 1.95. The fourth-order valence-corrected chi connectivity index (χ4v) is 1.74. The number of benzene rings is 1. The molecule has 0 fully saturated rings. The van der Waals surface area contributed by atoms with Crippen LogP contribution in [0.15, 0.2) is 28.6 Å². The van der Waals surface area contributed by atoms with Gasteiger partial charge in [0.15, 0.2) is 0 Å². The van der Waals surface area contributed by atoms with Gasteiger partial charge in [-0.3, -0.25) is 0 Å². The second kappa shape index (κ2) is 4.11. The summed E-state index contributed by atoms with van der Waals surface area (Å²) in [5.74, 6) is 0.456. The first kappa shape index (κ1) is 10.5. The van der Waals surface area contributed by atoms with E-state index in [0.29, 0.717) is 5.88 Å². The number of hydrogen-bond donors (Lipinski definition) is 0. The molecular formula is C9H12ClNOS. The van der Waals surface area contributed by atoms with Gasteiger partial charge in [0.2, 0.25) is 0 Å². The topological polar surface area (TPSA) is 29.4 Å². The van der Waals surface area contributed by atoms with E-state index in [0.717, 1.165) is 11.3 Å². The molecule has 0 unspecified atom stereocenters. The van der Waals surface area contributed by atoms with E-state index in [2.05, 4.69) is 4.36 Å². The zero-order chi connectivity index (χ0) is 9.90. The zero-order valence-electron chi connectivity index (χ0n) is 7.66. The van der Waals surface area contributed by atoms with Gasteiger partial charge in [-0.25, -0.2) is 4.21 Å². The SMILES string of the molecule is CS(C)(=O)=Nc1cccc(CCl)c1. The first-order valence-corrected chi connectivity index (χ1v) is 6.70. The number of halogens is 1. The second-order valence-corrected chi connectivity index (χ2v) is 5.89. The molecule has 0 saturated heterocycles. The van der Waals surface area contributed by atoms with Crippen LogP contribution in [0.4, 0.5) is 5.69 Å². The number of alkyl halides is 1. The van der Waals surface area contributed by atoms with E-state index in [4.69, 9.17) is 11.6 Å². The van der Waals surface area contributed by atoms with Gasteiger partial charge >= 0.3 is 0 Å². The minimum atomic E-state index is -2.07. The van der Waals surface area contributed by atoms with E-state index in [1.165, 1.54) is 0 Å². The molecule has 0 atom stereocenters. The van der Waals surface area contributed by atoms with Crippen molar-refractivity contribution in [1.82, 2.24) is 0 Å². The number of nitrogens with zero attached hydrogens (tertiary/aromatic N) is 1.